The Labute approximate surface area is 113 Å². The third-order valence-corrected chi connectivity index (χ3v) is 3.19. The van der Waals surface area contributed by atoms with Crippen molar-refractivity contribution in [2.24, 2.45) is 5.92 Å². The van der Waals surface area contributed by atoms with Gasteiger partial charge in [-0.3, -0.25) is 9.59 Å². The number of carbonyl (C=O) groups is 2. The van der Waals surface area contributed by atoms with E-state index in [9.17, 15) is 9.59 Å². The molecule has 0 fully saturated rings. The summed E-state index contributed by atoms with van der Waals surface area (Å²) in [7, 11) is 0. The molecule has 2 atom stereocenters. The molecule has 4 nitrogen and oxygen atoms in total. The van der Waals surface area contributed by atoms with Crippen LogP contribution >= 0.6 is 0 Å². The van der Waals surface area contributed by atoms with E-state index in [0.717, 1.165) is 5.56 Å². The van der Waals surface area contributed by atoms with Crippen LogP contribution in [0.2, 0.25) is 0 Å². The molecule has 1 aromatic carbocycles. The summed E-state index contributed by atoms with van der Waals surface area (Å²) >= 11 is 0. The molecule has 0 bridgehead atoms. The van der Waals surface area contributed by atoms with Crippen LogP contribution in [0.25, 0.3) is 0 Å². The Morgan fingerprint density at radius 1 is 1.16 bits per heavy atom. The molecule has 0 saturated heterocycles. The van der Waals surface area contributed by atoms with Crippen LogP contribution in [0.4, 0.5) is 0 Å². The van der Waals surface area contributed by atoms with Crippen molar-refractivity contribution in [1.29, 1.82) is 0 Å². The molecule has 1 amide bonds. The number of carboxylic acid groups (broad SMARTS) is 1. The second kappa shape index (κ2) is 6.92. The van der Waals surface area contributed by atoms with E-state index >= 15 is 0 Å². The monoisotopic (exact) mass is 263 g/mol. The van der Waals surface area contributed by atoms with Crippen molar-refractivity contribution in [3.8, 4) is 0 Å². The molecule has 0 aliphatic rings. The summed E-state index contributed by atoms with van der Waals surface area (Å²) in [5.74, 6) is -0.831. The first kappa shape index (κ1) is 15.2. The first-order valence-electron chi connectivity index (χ1n) is 6.49. The third kappa shape index (κ3) is 4.73. The van der Waals surface area contributed by atoms with Gasteiger partial charge in [-0.05, 0) is 24.3 Å². The maximum Gasteiger partial charge on any atom is 0.325 e. The zero-order valence-corrected chi connectivity index (χ0v) is 11.6. The second-order valence-electron chi connectivity index (χ2n) is 5.09. The van der Waals surface area contributed by atoms with Crippen molar-refractivity contribution < 1.29 is 14.7 Å². The van der Waals surface area contributed by atoms with Crippen LogP contribution in [0.15, 0.2) is 30.3 Å². The smallest absolute Gasteiger partial charge is 0.325 e. The van der Waals surface area contributed by atoms with Crippen LogP contribution in [0.1, 0.15) is 38.7 Å². The molecule has 0 aliphatic heterocycles. The third-order valence-electron chi connectivity index (χ3n) is 3.19. The summed E-state index contributed by atoms with van der Waals surface area (Å²) in [4.78, 5) is 22.6. The molecule has 0 aliphatic carbocycles. The SMILES string of the molecule is CC(NC(=O)CC(c1ccccc1)C(C)C)C(=O)O. The van der Waals surface area contributed by atoms with E-state index in [1.807, 2.05) is 30.3 Å². The van der Waals surface area contributed by atoms with Crippen LogP contribution in [-0.4, -0.2) is 23.0 Å². The van der Waals surface area contributed by atoms with Gasteiger partial charge in [0.15, 0.2) is 0 Å². The lowest BCUT2D eigenvalue weighted by Crippen LogP contribution is -2.39. The Morgan fingerprint density at radius 3 is 2.21 bits per heavy atom. The summed E-state index contributed by atoms with van der Waals surface area (Å²) in [5.41, 5.74) is 1.11. The molecule has 2 N–H and O–H groups in total. The van der Waals surface area contributed by atoms with E-state index in [-0.39, 0.29) is 11.8 Å². The minimum absolute atomic E-state index is 0.0993. The predicted octanol–water partition coefficient (Wildman–Crippen LogP) is 2.41. The Morgan fingerprint density at radius 2 is 1.74 bits per heavy atom. The molecule has 1 rings (SSSR count). The van der Waals surface area contributed by atoms with E-state index in [2.05, 4.69) is 19.2 Å². The van der Waals surface area contributed by atoms with Gasteiger partial charge in [-0.2, -0.15) is 0 Å². The fourth-order valence-electron chi connectivity index (χ4n) is 2.00. The van der Waals surface area contributed by atoms with Crippen LogP contribution in [0, 0.1) is 5.92 Å². The van der Waals surface area contributed by atoms with Gasteiger partial charge in [-0.25, -0.2) is 0 Å². The van der Waals surface area contributed by atoms with Crippen molar-refractivity contribution in [2.75, 3.05) is 0 Å². The molecule has 104 valence electrons. The fourth-order valence-corrected chi connectivity index (χ4v) is 2.00. The minimum Gasteiger partial charge on any atom is -0.480 e. The van der Waals surface area contributed by atoms with E-state index in [1.165, 1.54) is 6.92 Å². The Bertz CT molecular complexity index is 428. The first-order chi connectivity index (χ1) is 8.91. The molecule has 2 unspecified atom stereocenters. The van der Waals surface area contributed by atoms with Gasteiger partial charge < -0.3 is 10.4 Å². The number of carboxylic acids is 1. The fraction of sp³-hybridized carbons (Fsp3) is 0.467. The highest BCUT2D eigenvalue weighted by Gasteiger charge is 2.21. The van der Waals surface area contributed by atoms with Crippen molar-refractivity contribution in [3.05, 3.63) is 35.9 Å². The van der Waals surface area contributed by atoms with Gasteiger partial charge in [0.05, 0.1) is 0 Å². The molecular weight excluding hydrogens is 242 g/mol. The van der Waals surface area contributed by atoms with Gasteiger partial charge in [-0.15, -0.1) is 0 Å². The number of aliphatic carboxylic acids is 1. The maximum atomic E-state index is 11.9. The second-order valence-corrected chi connectivity index (χ2v) is 5.09. The number of hydrogen-bond acceptors (Lipinski definition) is 2. The average Bonchev–Trinajstić information content (AvgIpc) is 2.36. The molecule has 0 aromatic heterocycles. The minimum atomic E-state index is -1.02. The molecular formula is C15H21NO3. The standard InChI is InChI=1S/C15H21NO3/c1-10(2)13(12-7-5-4-6-8-12)9-14(17)16-11(3)15(18)19/h4-8,10-11,13H,9H2,1-3H3,(H,16,17)(H,18,19). The van der Waals surface area contributed by atoms with Crippen LogP contribution < -0.4 is 5.32 Å². The summed E-state index contributed by atoms with van der Waals surface area (Å²) < 4.78 is 0. The Kier molecular flexibility index (Phi) is 5.55. The van der Waals surface area contributed by atoms with Gasteiger partial charge >= 0.3 is 5.97 Å². The average molecular weight is 263 g/mol. The quantitative estimate of drug-likeness (QED) is 0.828. The van der Waals surface area contributed by atoms with Crippen LogP contribution in [-0.2, 0) is 9.59 Å². The number of benzene rings is 1. The van der Waals surface area contributed by atoms with Crippen molar-refractivity contribution in [1.82, 2.24) is 5.32 Å². The molecule has 19 heavy (non-hydrogen) atoms. The lowest BCUT2D eigenvalue weighted by Gasteiger charge is -2.21. The first-order valence-corrected chi connectivity index (χ1v) is 6.49. The van der Waals surface area contributed by atoms with Crippen molar-refractivity contribution >= 4 is 11.9 Å². The number of nitrogens with one attached hydrogen (secondary N) is 1. The lowest BCUT2D eigenvalue weighted by molar-refractivity contribution is -0.141. The summed E-state index contributed by atoms with van der Waals surface area (Å²) in [5, 5.41) is 11.3. The van der Waals surface area contributed by atoms with Gasteiger partial charge in [0.25, 0.3) is 0 Å². The Hall–Kier alpha value is -1.84. The molecule has 4 heteroatoms. The molecule has 0 saturated carbocycles. The molecule has 1 aromatic rings. The highest BCUT2D eigenvalue weighted by atomic mass is 16.4. The zero-order valence-electron chi connectivity index (χ0n) is 11.6. The van der Waals surface area contributed by atoms with Crippen LogP contribution in [0.5, 0.6) is 0 Å². The zero-order chi connectivity index (χ0) is 14.4. The normalized spacial score (nSPS) is 13.9. The molecule has 0 spiro atoms. The van der Waals surface area contributed by atoms with E-state index < -0.39 is 12.0 Å². The van der Waals surface area contributed by atoms with Crippen molar-refractivity contribution in [2.45, 2.75) is 39.2 Å². The van der Waals surface area contributed by atoms with E-state index in [1.54, 1.807) is 0 Å². The number of amides is 1. The number of rotatable bonds is 6. The van der Waals surface area contributed by atoms with Gasteiger partial charge in [0.2, 0.25) is 5.91 Å². The summed E-state index contributed by atoms with van der Waals surface area (Å²) in [6.45, 7) is 5.59. The number of carbonyl (C=O) groups excluding carboxylic acids is 1. The molecule has 0 radical (unpaired) electrons. The Balaban J connectivity index is 2.70. The van der Waals surface area contributed by atoms with Gasteiger partial charge in [0.1, 0.15) is 6.04 Å². The van der Waals surface area contributed by atoms with E-state index in [0.29, 0.717) is 12.3 Å². The summed E-state index contributed by atoms with van der Waals surface area (Å²) in [6.07, 6.45) is 0.305. The predicted molar refractivity (Wildman–Crippen MR) is 73.9 cm³/mol. The molecule has 0 heterocycles. The highest BCUT2D eigenvalue weighted by molar-refractivity contribution is 5.83. The highest BCUT2D eigenvalue weighted by Crippen LogP contribution is 2.27. The van der Waals surface area contributed by atoms with Gasteiger partial charge in [-0.1, -0.05) is 44.2 Å². The van der Waals surface area contributed by atoms with E-state index in [4.69, 9.17) is 5.11 Å². The van der Waals surface area contributed by atoms with Gasteiger partial charge in [0, 0.05) is 6.42 Å². The topological polar surface area (TPSA) is 66.4 Å². The largest absolute Gasteiger partial charge is 0.480 e. The van der Waals surface area contributed by atoms with Crippen LogP contribution in [0.3, 0.4) is 0 Å². The lowest BCUT2D eigenvalue weighted by atomic mass is 9.85. The summed E-state index contributed by atoms with van der Waals surface area (Å²) in [6, 6.07) is 8.98. The number of hydrogen-bond donors (Lipinski definition) is 2. The van der Waals surface area contributed by atoms with Crippen molar-refractivity contribution in [3.63, 3.8) is 0 Å². The maximum absolute atomic E-state index is 11.9.